The first-order valence-corrected chi connectivity index (χ1v) is 32.3. The van der Waals surface area contributed by atoms with Gasteiger partial charge in [0.1, 0.15) is 22.7 Å². The lowest BCUT2D eigenvalue weighted by atomic mass is 9.88. The van der Waals surface area contributed by atoms with Crippen LogP contribution in [0.15, 0.2) is 72.8 Å². The van der Waals surface area contributed by atoms with E-state index in [4.69, 9.17) is 8.75 Å². The van der Waals surface area contributed by atoms with Crippen molar-refractivity contribution in [3.63, 3.8) is 0 Å². The monoisotopic (exact) mass is 1050 g/mol. The Hall–Kier alpha value is -3.26. The molecule has 3 aromatic carbocycles. The fraction of sp³-hybridized carbons (Fsp3) is 0.606. The van der Waals surface area contributed by atoms with Crippen molar-refractivity contribution >= 4 is 45.4 Å². The van der Waals surface area contributed by atoms with Crippen molar-refractivity contribution in [2.75, 3.05) is 0 Å². The van der Waals surface area contributed by atoms with E-state index < -0.39 is 0 Å². The summed E-state index contributed by atoms with van der Waals surface area (Å²) in [5.41, 5.74) is 7.31. The maximum absolute atomic E-state index is 16.1. The molecule has 2 unspecified atom stereocenters. The first kappa shape index (κ1) is 59.0. The number of benzene rings is 3. The molecule has 0 bridgehead atoms. The minimum atomic E-state index is -0.131. The van der Waals surface area contributed by atoms with E-state index in [-0.39, 0.29) is 11.6 Å². The number of hydrogen-bond donors (Lipinski definition) is 0. The number of aromatic nitrogens is 2. The minimum absolute atomic E-state index is 0.131. The number of fused-ring (bicyclic) bond motifs is 1. The molecule has 3 heterocycles. The van der Waals surface area contributed by atoms with Gasteiger partial charge in [0.15, 0.2) is 0 Å². The van der Waals surface area contributed by atoms with E-state index in [0.717, 1.165) is 65.6 Å². The predicted octanol–water partition coefficient (Wildman–Crippen LogP) is 23.6. The van der Waals surface area contributed by atoms with Crippen molar-refractivity contribution in [1.82, 2.24) is 8.75 Å². The zero-order chi connectivity index (χ0) is 51.3. The Kier molecular flexibility index (Phi) is 27.8. The van der Waals surface area contributed by atoms with E-state index in [1.807, 2.05) is 24.3 Å². The smallest absolute Gasteiger partial charge is 0.132 e. The molecular weight excluding hydrogens is 955 g/mol. The SMILES string of the molecule is CCCCCCCCCCC(CCCCCCCC)Cc1ccc(-c2ccc(-c3ccc(-c4ccc(-c5ccc(CC(CCCCCCCC)CCCCCCCCCC)cc5F)s4)c4nsnc34)s2)c(F)c1. The van der Waals surface area contributed by atoms with Gasteiger partial charge in [0, 0.05) is 41.8 Å². The molecule has 0 fully saturated rings. The third kappa shape index (κ3) is 20.0. The van der Waals surface area contributed by atoms with E-state index in [0.29, 0.717) is 23.0 Å². The average Bonchev–Trinajstić information content (AvgIpc) is 4.20. The molecule has 0 N–H and O–H groups in total. The third-order valence-corrected chi connectivity index (χ3v) is 18.5. The van der Waals surface area contributed by atoms with Gasteiger partial charge < -0.3 is 0 Å². The van der Waals surface area contributed by atoms with Gasteiger partial charge in [-0.15, -0.1) is 22.7 Å². The quantitative estimate of drug-likeness (QED) is 0.0359. The van der Waals surface area contributed by atoms with Crippen LogP contribution in [0.5, 0.6) is 0 Å². The van der Waals surface area contributed by atoms with Gasteiger partial charge in [-0.2, -0.15) is 8.75 Å². The van der Waals surface area contributed by atoms with E-state index in [1.165, 1.54) is 217 Å². The standard InChI is InChI=1S/C66H94F2N2S3/c1-5-9-13-17-21-23-27-31-35-51(33-29-25-19-15-11-7-3)47-53-37-39-55(59(67)49-53)61-43-45-63(71-61)57-41-42-58(66-65(57)69-73-70-66)64-46-44-62(72-64)56-40-38-54(50-60(56)68)48-52(34-30-26-20-16-12-8-4)36-32-28-24-22-18-14-10-6-2/h37-46,49-52H,5-36,47-48H2,1-4H3. The lowest BCUT2D eigenvalue weighted by Crippen LogP contribution is -2.06. The molecule has 0 saturated carbocycles. The highest BCUT2D eigenvalue weighted by Crippen LogP contribution is 2.43. The van der Waals surface area contributed by atoms with Crippen LogP contribution in [0, 0.1) is 23.5 Å². The van der Waals surface area contributed by atoms with Crippen LogP contribution in [0.1, 0.15) is 244 Å². The van der Waals surface area contributed by atoms with Crippen LogP contribution in [-0.4, -0.2) is 8.75 Å². The Labute approximate surface area is 455 Å². The number of nitrogens with zero attached hydrogens (tertiary/aromatic N) is 2. The Morgan fingerprint density at radius 2 is 0.616 bits per heavy atom. The second-order valence-corrected chi connectivity index (χ2v) is 24.6. The van der Waals surface area contributed by atoms with Gasteiger partial charge in [-0.3, -0.25) is 0 Å². The number of unbranched alkanes of at least 4 members (excludes halogenated alkanes) is 24. The topological polar surface area (TPSA) is 25.8 Å². The maximum Gasteiger partial charge on any atom is 0.132 e. The molecule has 0 radical (unpaired) electrons. The summed E-state index contributed by atoms with van der Waals surface area (Å²) in [5.74, 6) is 0.973. The van der Waals surface area contributed by atoms with Gasteiger partial charge >= 0.3 is 0 Å². The summed E-state index contributed by atoms with van der Waals surface area (Å²) in [6.45, 7) is 9.14. The highest BCUT2D eigenvalue weighted by molar-refractivity contribution is 7.19. The second-order valence-electron chi connectivity index (χ2n) is 21.9. The van der Waals surface area contributed by atoms with Gasteiger partial charge in [-0.05, 0) is 72.2 Å². The summed E-state index contributed by atoms with van der Waals surface area (Å²) in [7, 11) is 0. The molecule has 2 atom stereocenters. The molecule has 6 aromatic rings. The highest BCUT2D eigenvalue weighted by atomic mass is 32.1. The van der Waals surface area contributed by atoms with Crippen LogP contribution in [-0.2, 0) is 12.8 Å². The fourth-order valence-electron chi connectivity index (χ4n) is 11.2. The summed E-state index contributed by atoms with van der Waals surface area (Å²) in [6, 6.07) is 24.6. The number of hydrogen-bond acceptors (Lipinski definition) is 5. The van der Waals surface area contributed by atoms with E-state index in [9.17, 15) is 0 Å². The number of thiophene rings is 2. The van der Waals surface area contributed by atoms with Crippen molar-refractivity contribution in [2.45, 2.75) is 246 Å². The lowest BCUT2D eigenvalue weighted by Gasteiger charge is -2.18. The van der Waals surface area contributed by atoms with Crippen LogP contribution in [0.2, 0.25) is 0 Å². The van der Waals surface area contributed by atoms with Gasteiger partial charge in [-0.25, -0.2) is 8.78 Å². The minimum Gasteiger partial charge on any atom is -0.206 e. The number of rotatable bonds is 40. The predicted molar refractivity (Wildman–Crippen MR) is 320 cm³/mol. The van der Waals surface area contributed by atoms with E-state index >= 15 is 8.78 Å². The normalized spacial score (nSPS) is 12.6. The van der Waals surface area contributed by atoms with Crippen LogP contribution in [0.25, 0.3) is 52.8 Å². The molecule has 0 aliphatic rings. The molecule has 0 amide bonds. The highest BCUT2D eigenvalue weighted by Gasteiger charge is 2.20. The summed E-state index contributed by atoms with van der Waals surface area (Å²) >= 11 is 4.45. The molecule has 400 valence electrons. The van der Waals surface area contributed by atoms with Gasteiger partial charge in [-0.1, -0.05) is 270 Å². The van der Waals surface area contributed by atoms with Crippen molar-refractivity contribution in [3.05, 3.63) is 95.6 Å². The average molecular weight is 1050 g/mol. The van der Waals surface area contributed by atoms with Crippen LogP contribution >= 0.6 is 34.4 Å². The van der Waals surface area contributed by atoms with Crippen LogP contribution in [0.3, 0.4) is 0 Å². The fourth-order valence-corrected chi connectivity index (χ4v) is 13.9. The molecule has 0 aliphatic carbocycles. The molecule has 2 nitrogen and oxygen atoms in total. The summed E-state index contributed by atoms with van der Waals surface area (Å²) in [4.78, 5) is 3.95. The Bertz CT molecular complexity index is 2250. The lowest BCUT2D eigenvalue weighted by molar-refractivity contribution is 0.400. The summed E-state index contributed by atoms with van der Waals surface area (Å²) in [6.07, 6.45) is 44.3. The molecule has 6 rings (SSSR count). The first-order valence-electron chi connectivity index (χ1n) is 29.9. The second kappa shape index (κ2) is 34.4. The largest absolute Gasteiger partial charge is 0.206 e. The molecule has 73 heavy (non-hydrogen) atoms. The molecular formula is C66H94F2N2S3. The molecule has 0 aliphatic heterocycles. The van der Waals surface area contributed by atoms with Gasteiger partial charge in [0.05, 0.1) is 11.7 Å². The Morgan fingerprint density at radius 1 is 0.342 bits per heavy atom. The zero-order valence-corrected chi connectivity index (χ0v) is 48.4. The summed E-state index contributed by atoms with van der Waals surface area (Å²) in [5, 5.41) is 0. The van der Waals surface area contributed by atoms with E-state index in [1.54, 1.807) is 22.7 Å². The van der Waals surface area contributed by atoms with Crippen molar-refractivity contribution in [1.29, 1.82) is 0 Å². The molecule has 0 saturated heterocycles. The van der Waals surface area contributed by atoms with Crippen LogP contribution in [0.4, 0.5) is 8.78 Å². The van der Waals surface area contributed by atoms with Crippen molar-refractivity contribution < 1.29 is 8.78 Å². The van der Waals surface area contributed by atoms with Crippen molar-refractivity contribution in [2.24, 2.45) is 11.8 Å². The molecule has 7 heteroatoms. The van der Waals surface area contributed by atoms with Crippen LogP contribution < -0.4 is 0 Å². The Morgan fingerprint density at radius 3 is 0.918 bits per heavy atom. The zero-order valence-electron chi connectivity index (χ0n) is 46.0. The first-order chi connectivity index (χ1) is 35.9. The maximum atomic E-state index is 16.1. The van der Waals surface area contributed by atoms with Crippen molar-refractivity contribution in [3.8, 4) is 41.8 Å². The molecule has 0 spiro atoms. The third-order valence-electron chi connectivity index (χ3n) is 15.7. The van der Waals surface area contributed by atoms with Gasteiger partial charge in [0.2, 0.25) is 0 Å². The Balaban J connectivity index is 1.08. The summed E-state index contributed by atoms with van der Waals surface area (Å²) < 4.78 is 41.8. The van der Waals surface area contributed by atoms with Gasteiger partial charge in [0.25, 0.3) is 0 Å². The van der Waals surface area contributed by atoms with E-state index in [2.05, 4.69) is 76.2 Å². The number of halogens is 2. The molecule has 3 aromatic heterocycles.